The van der Waals surface area contributed by atoms with E-state index in [1.165, 1.54) is 20.0 Å². The summed E-state index contributed by atoms with van der Waals surface area (Å²) in [5, 5.41) is 0. The molecule has 1 fully saturated rings. The summed E-state index contributed by atoms with van der Waals surface area (Å²) in [6.07, 6.45) is 1.87. The first-order valence-corrected chi connectivity index (χ1v) is 7.24. The minimum absolute atomic E-state index is 0. The van der Waals surface area contributed by atoms with Crippen LogP contribution in [-0.2, 0) is 16.1 Å². The Morgan fingerprint density at radius 2 is 2.00 bits per heavy atom. The van der Waals surface area contributed by atoms with Crippen LogP contribution in [-0.4, -0.2) is 36.6 Å². The maximum Gasteiger partial charge on any atom is 0.253 e. The number of amides is 1. The third-order valence-corrected chi connectivity index (χ3v) is 4.05. The van der Waals surface area contributed by atoms with Crippen molar-refractivity contribution in [3.8, 4) is 0 Å². The number of halogens is 1. The molecule has 1 aliphatic carbocycles. The van der Waals surface area contributed by atoms with E-state index in [1.54, 1.807) is 0 Å². The molecule has 1 aromatic carbocycles. The number of rotatable bonds is 7. The van der Waals surface area contributed by atoms with Crippen molar-refractivity contribution < 1.29 is 9.53 Å². The summed E-state index contributed by atoms with van der Waals surface area (Å²) in [6, 6.07) is 10.3. The van der Waals surface area contributed by atoms with Crippen LogP contribution < -0.4 is 5.73 Å². The van der Waals surface area contributed by atoms with Gasteiger partial charge in [-0.25, -0.2) is 0 Å². The minimum atomic E-state index is -0.542. The number of carbonyl (C=O) groups is 1. The number of nitrogens with zero attached hydrogens (tertiary/aromatic N) is 1. The van der Waals surface area contributed by atoms with Gasteiger partial charge in [0.05, 0.1) is 0 Å². The first-order valence-electron chi connectivity index (χ1n) is 7.24. The van der Waals surface area contributed by atoms with E-state index in [0.717, 1.165) is 5.56 Å². The van der Waals surface area contributed by atoms with Crippen molar-refractivity contribution in [2.45, 2.75) is 38.5 Å². The van der Waals surface area contributed by atoms with Crippen molar-refractivity contribution in [3.63, 3.8) is 0 Å². The Balaban J connectivity index is 0.00000220. The molecule has 0 spiro atoms. The molecule has 0 bridgehead atoms. The van der Waals surface area contributed by atoms with Gasteiger partial charge in [-0.15, -0.1) is 12.4 Å². The fourth-order valence-electron chi connectivity index (χ4n) is 2.52. The number of hydrogen-bond acceptors (Lipinski definition) is 3. The molecule has 5 heteroatoms. The molecule has 0 heterocycles. The van der Waals surface area contributed by atoms with Crippen LogP contribution in [0.3, 0.4) is 0 Å². The second-order valence-corrected chi connectivity index (χ2v) is 5.49. The molecule has 2 atom stereocenters. The highest BCUT2D eigenvalue weighted by Crippen LogP contribution is 2.36. The Bertz CT molecular complexity index is 433. The molecule has 2 rings (SSSR count). The number of carbonyl (C=O) groups excluding carboxylic acids is 1. The predicted molar refractivity (Wildman–Crippen MR) is 86.3 cm³/mol. The molecule has 1 aliphatic rings. The average molecular weight is 313 g/mol. The van der Waals surface area contributed by atoms with Gasteiger partial charge >= 0.3 is 0 Å². The summed E-state index contributed by atoms with van der Waals surface area (Å²) in [5.41, 5.74) is 6.77. The molecule has 1 amide bonds. The van der Waals surface area contributed by atoms with Crippen molar-refractivity contribution in [1.29, 1.82) is 0 Å². The highest BCUT2D eigenvalue weighted by atomic mass is 35.5. The molecule has 0 radical (unpaired) electrons. The van der Waals surface area contributed by atoms with Gasteiger partial charge in [0, 0.05) is 26.2 Å². The van der Waals surface area contributed by atoms with Gasteiger partial charge < -0.3 is 15.4 Å². The van der Waals surface area contributed by atoms with E-state index in [2.05, 4.69) is 6.92 Å². The van der Waals surface area contributed by atoms with Crippen LogP contribution in [0.4, 0.5) is 0 Å². The molecule has 2 N–H and O–H groups in total. The Labute approximate surface area is 133 Å². The van der Waals surface area contributed by atoms with E-state index in [1.807, 2.05) is 35.2 Å². The van der Waals surface area contributed by atoms with E-state index < -0.39 is 6.10 Å². The predicted octanol–water partition coefficient (Wildman–Crippen LogP) is 2.21. The monoisotopic (exact) mass is 312 g/mol. The Kier molecular flexibility index (Phi) is 7.15. The largest absolute Gasteiger partial charge is 0.370 e. The quantitative estimate of drug-likeness (QED) is 0.840. The van der Waals surface area contributed by atoms with E-state index in [0.29, 0.717) is 12.5 Å². The SMILES string of the molecule is COC(CN)C(=O)N(Cc1ccccc1)C(C)C1CC1.Cl. The summed E-state index contributed by atoms with van der Waals surface area (Å²) < 4.78 is 5.21. The van der Waals surface area contributed by atoms with Gasteiger partial charge in [-0.05, 0) is 31.2 Å². The second kappa shape index (κ2) is 8.37. The number of hydrogen-bond donors (Lipinski definition) is 1. The van der Waals surface area contributed by atoms with Gasteiger partial charge in [-0.2, -0.15) is 0 Å². The van der Waals surface area contributed by atoms with Gasteiger partial charge in [-0.1, -0.05) is 30.3 Å². The van der Waals surface area contributed by atoms with Gasteiger partial charge in [0.15, 0.2) is 0 Å². The fourth-order valence-corrected chi connectivity index (χ4v) is 2.52. The highest BCUT2D eigenvalue weighted by Gasteiger charge is 2.36. The molecular formula is C16H25ClN2O2. The molecule has 0 aliphatic heterocycles. The number of nitrogens with two attached hydrogens (primary N) is 1. The van der Waals surface area contributed by atoms with Crippen LogP contribution >= 0.6 is 12.4 Å². The fraction of sp³-hybridized carbons (Fsp3) is 0.562. The maximum absolute atomic E-state index is 12.6. The summed E-state index contributed by atoms with van der Waals surface area (Å²) >= 11 is 0. The summed E-state index contributed by atoms with van der Waals surface area (Å²) in [4.78, 5) is 14.5. The number of benzene rings is 1. The lowest BCUT2D eigenvalue weighted by Gasteiger charge is -2.32. The minimum Gasteiger partial charge on any atom is -0.370 e. The Morgan fingerprint density at radius 1 is 1.38 bits per heavy atom. The smallest absolute Gasteiger partial charge is 0.253 e. The van der Waals surface area contributed by atoms with E-state index in [9.17, 15) is 4.79 Å². The van der Waals surface area contributed by atoms with Crippen LogP contribution in [0.5, 0.6) is 0 Å². The molecule has 0 saturated heterocycles. The summed E-state index contributed by atoms with van der Waals surface area (Å²) in [6.45, 7) is 2.97. The Hall–Kier alpha value is -1.10. The lowest BCUT2D eigenvalue weighted by Crippen LogP contribution is -2.47. The third-order valence-electron chi connectivity index (χ3n) is 4.05. The lowest BCUT2D eigenvalue weighted by molar-refractivity contribution is -0.144. The summed E-state index contributed by atoms with van der Waals surface area (Å²) in [5.74, 6) is 0.621. The van der Waals surface area contributed by atoms with Crippen LogP contribution in [0.25, 0.3) is 0 Å². The molecule has 2 unspecified atom stereocenters. The highest BCUT2D eigenvalue weighted by molar-refractivity contribution is 5.85. The first-order chi connectivity index (χ1) is 9.67. The summed E-state index contributed by atoms with van der Waals surface area (Å²) in [7, 11) is 1.54. The van der Waals surface area contributed by atoms with Crippen molar-refractivity contribution in [1.82, 2.24) is 4.90 Å². The topological polar surface area (TPSA) is 55.6 Å². The normalized spacial score (nSPS) is 16.7. The second-order valence-electron chi connectivity index (χ2n) is 5.49. The zero-order valence-corrected chi connectivity index (χ0v) is 13.5. The first kappa shape index (κ1) is 18.0. The van der Waals surface area contributed by atoms with Crippen molar-refractivity contribution in [2.24, 2.45) is 11.7 Å². The van der Waals surface area contributed by atoms with Gasteiger partial charge in [0.25, 0.3) is 5.91 Å². The zero-order chi connectivity index (χ0) is 14.5. The van der Waals surface area contributed by atoms with Crippen molar-refractivity contribution in [3.05, 3.63) is 35.9 Å². The average Bonchev–Trinajstić information content (AvgIpc) is 3.31. The molecule has 1 aromatic rings. The molecule has 0 aromatic heterocycles. The van der Waals surface area contributed by atoms with E-state index >= 15 is 0 Å². The van der Waals surface area contributed by atoms with E-state index in [4.69, 9.17) is 10.5 Å². The lowest BCUT2D eigenvalue weighted by atomic mass is 10.1. The molecule has 1 saturated carbocycles. The van der Waals surface area contributed by atoms with Gasteiger partial charge in [0.1, 0.15) is 6.10 Å². The van der Waals surface area contributed by atoms with Crippen LogP contribution in [0, 0.1) is 5.92 Å². The standard InChI is InChI=1S/C16H24N2O2.ClH/c1-12(14-8-9-14)18(16(19)15(10-17)20-2)11-13-6-4-3-5-7-13;/h3-7,12,14-15H,8-11,17H2,1-2H3;1H. The van der Waals surface area contributed by atoms with Crippen molar-refractivity contribution >= 4 is 18.3 Å². The molecular weight excluding hydrogens is 288 g/mol. The van der Waals surface area contributed by atoms with Gasteiger partial charge in [-0.3, -0.25) is 4.79 Å². The van der Waals surface area contributed by atoms with Crippen LogP contribution in [0.15, 0.2) is 30.3 Å². The third kappa shape index (κ3) is 4.70. The van der Waals surface area contributed by atoms with Crippen LogP contribution in [0.1, 0.15) is 25.3 Å². The van der Waals surface area contributed by atoms with E-state index in [-0.39, 0.29) is 30.9 Å². The number of methoxy groups -OCH3 is 1. The molecule has 21 heavy (non-hydrogen) atoms. The van der Waals surface area contributed by atoms with Crippen molar-refractivity contribution in [2.75, 3.05) is 13.7 Å². The molecule has 118 valence electrons. The zero-order valence-electron chi connectivity index (χ0n) is 12.7. The Morgan fingerprint density at radius 3 is 2.48 bits per heavy atom. The number of ether oxygens (including phenoxy) is 1. The molecule has 4 nitrogen and oxygen atoms in total. The van der Waals surface area contributed by atoms with Gasteiger partial charge in [0.2, 0.25) is 0 Å². The maximum atomic E-state index is 12.6. The van der Waals surface area contributed by atoms with Crippen LogP contribution in [0.2, 0.25) is 0 Å².